The van der Waals surface area contributed by atoms with Crippen molar-refractivity contribution in [2.75, 3.05) is 19.0 Å². The van der Waals surface area contributed by atoms with Gasteiger partial charge in [0.05, 0.1) is 5.69 Å². The number of hydrogen-bond donors (Lipinski definition) is 1. The summed E-state index contributed by atoms with van der Waals surface area (Å²) in [6, 6.07) is 11.0. The van der Waals surface area contributed by atoms with Crippen molar-refractivity contribution in [3.05, 3.63) is 77.7 Å². The zero-order valence-electron chi connectivity index (χ0n) is 19.9. The monoisotopic (exact) mass is 435 g/mol. The Bertz CT molecular complexity index is 924. The van der Waals surface area contributed by atoms with E-state index < -0.39 is 0 Å². The van der Waals surface area contributed by atoms with E-state index in [4.69, 9.17) is 10.7 Å². The van der Waals surface area contributed by atoms with Crippen molar-refractivity contribution in [2.45, 2.75) is 57.9 Å². The lowest BCUT2D eigenvalue weighted by Crippen LogP contribution is -2.15. The third kappa shape index (κ3) is 7.41. The highest BCUT2D eigenvalue weighted by Gasteiger charge is 2.10. The van der Waals surface area contributed by atoms with E-state index in [-0.39, 0.29) is 6.04 Å². The van der Waals surface area contributed by atoms with E-state index in [0.29, 0.717) is 0 Å². The molecule has 1 heterocycles. The summed E-state index contributed by atoms with van der Waals surface area (Å²) in [7, 11) is 4.15. The molecule has 2 aromatic rings. The van der Waals surface area contributed by atoms with Crippen molar-refractivity contribution in [3.63, 3.8) is 0 Å². The van der Waals surface area contributed by atoms with Gasteiger partial charge in [-0.05, 0) is 61.6 Å². The Balaban J connectivity index is 2.26. The summed E-state index contributed by atoms with van der Waals surface area (Å²) >= 11 is 1.79. The Labute approximate surface area is 193 Å². The van der Waals surface area contributed by atoms with Crippen LogP contribution in [0.1, 0.15) is 56.9 Å². The van der Waals surface area contributed by atoms with E-state index in [9.17, 15) is 0 Å². The van der Waals surface area contributed by atoms with Gasteiger partial charge in [-0.3, -0.25) is 4.98 Å². The summed E-state index contributed by atoms with van der Waals surface area (Å²) in [4.78, 5) is 9.40. The van der Waals surface area contributed by atoms with Crippen molar-refractivity contribution in [2.24, 2.45) is 5.73 Å². The van der Waals surface area contributed by atoms with Crippen LogP contribution >= 0.6 is 11.8 Å². The Morgan fingerprint density at radius 3 is 2.55 bits per heavy atom. The Kier molecular flexibility index (Phi) is 10.1. The van der Waals surface area contributed by atoms with Gasteiger partial charge in [-0.15, -0.1) is 0 Å². The topological polar surface area (TPSA) is 42.1 Å². The van der Waals surface area contributed by atoms with Crippen LogP contribution in [0.5, 0.6) is 0 Å². The van der Waals surface area contributed by atoms with E-state index in [0.717, 1.165) is 36.1 Å². The summed E-state index contributed by atoms with van der Waals surface area (Å²) in [5.74, 6) is 0. The zero-order chi connectivity index (χ0) is 22.8. The van der Waals surface area contributed by atoms with Gasteiger partial charge in [-0.2, -0.15) is 0 Å². The quantitative estimate of drug-likeness (QED) is 0.320. The lowest BCUT2D eigenvalue weighted by Gasteiger charge is -2.16. The number of aryl methyl sites for hydroxylation is 1. The summed E-state index contributed by atoms with van der Waals surface area (Å²) in [5, 5.41) is 0. The van der Waals surface area contributed by atoms with Crippen LogP contribution in [0.3, 0.4) is 0 Å². The summed E-state index contributed by atoms with van der Waals surface area (Å²) in [5.41, 5.74) is 11.9. The second kappa shape index (κ2) is 12.5. The number of nitrogens with zero attached hydrogens (tertiary/aromatic N) is 2. The standard InChI is InChI=1S/C27H37N3S/c1-7-10-23(28)15-13-21(9-3)22-14-17-25(29-19-22)26(11-8-2)31-27-18-24(30(5)6)16-12-20(27)4/h9,11-19,23H,7-8,10,28H2,1-6H3/b15-13-,21-9+,26-11-. The zero-order valence-corrected chi connectivity index (χ0v) is 20.7. The summed E-state index contributed by atoms with van der Waals surface area (Å²) in [6.07, 6.45) is 13.6. The molecule has 2 N–H and O–H groups in total. The van der Waals surface area contributed by atoms with Gasteiger partial charge in [0.25, 0.3) is 0 Å². The first-order valence-corrected chi connectivity index (χ1v) is 11.9. The minimum atomic E-state index is 0.101. The molecule has 0 saturated heterocycles. The molecule has 0 amide bonds. The highest BCUT2D eigenvalue weighted by molar-refractivity contribution is 8.08. The average molecular weight is 436 g/mol. The van der Waals surface area contributed by atoms with E-state index in [2.05, 4.69) is 101 Å². The molecule has 0 aliphatic rings. The fourth-order valence-corrected chi connectivity index (χ4v) is 4.33. The highest BCUT2D eigenvalue weighted by atomic mass is 32.2. The van der Waals surface area contributed by atoms with Crippen LogP contribution in [0.2, 0.25) is 0 Å². The van der Waals surface area contributed by atoms with E-state index in [1.807, 2.05) is 6.20 Å². The van der Waals surface area contributed by atoms with Gasteiger partial charge in [-0.25, -0.2) is 0 Å². The minimum absolute atomic E-state index is 0.101. The summed E-state index contributed by atoms with van der Waals surface area (Å²) < 4.78 is 0. The average Bonchev–Trinajstić information content (AvgIpc) is 2.75. The molecular formula is C27H37N3S. The Morgan fingerprint density at radius 1 is 1.19 bits per heavy atom. The normalized spacial score (nSPS) is 13.6. The first-order valence-electron chi connectivity index (χ1n) is 11.1. The van der Waals surface area contributed by atoms with Crippen molar-refractivity contribution < 1.29 is 0 Å². The van der Waals surface area contributed by atoms with Gasteiger partial charge < -0.3 is 10.6 Å². The van der Waals surface area contributed by atoms with Crippen molar-refractivity contribution in [1.29, 1.82) is 0 Å². The van der Waals surface area contributed by atoms with Gasteiger partial charge in [0.2, 0.25) is 0 Å². The molecule has 0 fully saturated rings. The molecule has 2 rings (SSSR count). The van der Waals surface area contributed by atoms with E-state index >= 15 is 0 Å². The second-order valence-electron chi connectivity index (χ2n) is 7.91. The van der Waals surface area contributed by atoms with Crippen molar-refractivity contribution in [3.8, 4) is 0 Å². The molecule has 1 atom stereocenters. The van der Waals surface area contributed by atoms with Gasteiger partial charge in [0.1, 0.15) is 0 Å². The molecule has 31 heavy (non-hydrogen) atoms. The van der Waals surface area contributed by atoms with Crippen molar-refractivity contribution in [1.82, 2.24) is 4.98 Å². The number of hydrogen-bond acceptors (Lipinski definition) is 4. The predicted octanol–water partition coefficient (Wildman–Crippen LogP) is 7.09. The van der Waals surface area contributed by atoms with Gasteiger partial charge in [0, 0.05) is 41.8 Å². The molecule has 1 aromatic carbocycles. The van der Waals surface area contributed by atoms with Crippen LogP contribution in [0, 0.1) is 6.92 Å². The smallest absolute Gasteiger partial charge is 0.0766 e. The van der Waals surface area contributed by atoms with Crippen LogP contribution in [0.4, 0.5) is 5.69 Å². The molecular weight excluding hydrogens is 398 g/mol. The van der Waals surface area contributed by atoms with Crippen LogP contribution < -0.4 is 10.6 Å². The minimum Gasteiger partial charge on any atom is -0.378 e. The largest absolute Gasteiger partial charge is 0.378 e. The molecule has 0 bridgehead atoms. The maximum atomic E-state index is 6.13. The molecule has 0 saturated carbocycles. The number of allylic oxidation sites excluding steroid dienone is 4. The molecule has 3 nitrogen and oxygen atoms in total. The van der Waals surface area contributed by atoms with E-state index in [1.54, 1.807) is 11.8 Å². The molecule has 4 heteroatoms. The number of thioether (sulfide) groups is 1. The third-order valence-corrected chi connectivity index (χ3v) is 6.36. The number of benzene rings is 1. The maximum Gasteiger partial charge on any atom is 0.0766 e. The lowest BCUT2D eigenvalue weighted by atomic mass is 10.0. The number of anilines is 1. The third-order valence-electron chi connectivity index (χ3n) is 5.10. The molecule has 0 radical (unpaired) electrons. The van der Waals surface area contributed by atoms with Crippen LogP contribution in [0.15, 0.2) is 65.7 Å². The van der Waals surface area contributed by atoms with Crippen LogP contribution in [-0.2, 0) is 0 Å². The number of nitrogens with two attached hydrogens (primary N) is 1. The van der Waals surface area contributed by atoms with Gasteiger partial charge in [0.15, 0.2) is 0 Å². The van der Waals surface area contributed by atoms with E-state index in [1.165, 1.54) is 21.1 Å². The fourth-order valence-electron chi connectivity index (χ4n) is 3.21. The SMILES string of the molecule is C/C=C(\C=C/C(N)CCC)c1ccc(/C(=C/CC)Sc2cc(N(C)C)ccc2C)nc1. The van der Waals surface area contributed by atoms with Crippen LogP contribution in [0.25, 0.3) is 10.5 Å². The fraction of sp³-hybridized carbons (Fsp3) is 0.370. The first-order chi connectivity index (χ1) is 14.9. The molecule has 0 aliphatic heterocycles. The summed E-state index contributed by atoms with van der Waals surface area (Å²) in [6.45, 7) is 8.54. The predicted molar refractivity (Wildman–Crippen MR) is 140 cm³/mol. The molecule has 1 aromatic heterocycles. The maximum absolute atomic E-state index is 6.13. The first kappa shape index (κ1) is 25.0. The molecule has 1 unspecified atom stereocenters. The van der Waals surface area contributed by atoms with Gasteiger partial charge in [-0.1, -0.05) is 68.5 Å². The molecule has 166 valence electrons. The lowest BCUT2D eigenvalue weighted by molar-refractivity contribution is 0.704. The van der Waals surface area contributed by atoms with Crippen LogP contribution in [-0.4, -0.2) is 25.1 Å². The second-order valence-corrected chi connectivity index (χ2v) is 8.99. The molecule has 0 spiro atoms. The molecule has 0 aliphatic carbocycles. The number of aromatic nitrogens is 1. The van der Waals surface area contributed by atoms with Crippen molar-refractivity contribution >= 4 is 27.9 Å². The van der Waals surface area contributed by atoms with Gasteiger partial charge >= 0.3 is 0 Å². The Hall–Kier alpha value is -2.30. The number of pyridine rings is 1. The Morgan fingerprint density at radius 2 is 1.97 bits per heavy atom. The highest BCUT2D eigenvalue weighted by Crippen LogP contribution is 2.37. The number of rotatable bonds is 10.